The molecule has 0 aliphatic rings. The summed E-state index contributed by atoms with van der Waals surface area (Å²) in [6.45, 7) is 3.88. The summed E-state index contributed by atoms with van der Waals surface area (Å²) in [7, 11) is 1.58. The summed E-state index contributed by atoms with van der Waals surface area (Å²) < 4.78 is 9.96. The molecule has 0 aromatic heterocycles. The lowest BCUT2D eigenvalue weighted by Crippen LogP contribution is -1.99. The molecule has 0 aliphatic carbocycles. The summed E-state index contributed by atoms with van der Waals surface area (Å²) in [6, 6.07) is 7.36. The van der Waals surface area contributed by atoms with Crippen LogP contribution in [-0.4, -0.2) is 13.9 Å². The standard InChI is InChI=1S/C10H13NO2/c1-8(11)9-3-5-10(6-4-9)13-7-12-2/h3-6H,1,7,11H2,2H3. The Morgan fingerprint density at radius 2 is 2.00 bits per heavy atom. The van der Waals surface area contributed by atoms with Gasteiger partial charge in [0.25, 0.3) is 0 Å². The molecule has 0 spiro atoms. The minimum absolute atomic E-state index is 0.253. The predicted octanol–water partition coefficient (Wildman–Crippen LogP) is 1.60. The van der Waals surface area contributed by atoms with Gasteiger partial charge in [0.05, 0.1) is 0 Å². The van der Waals surface area contributed by atoms with Crippen LogP contribution in [0.3, 0.4) is 0 Å². The summed E-state index contributed by atoms with van der Waals surface area (Å²) in [6.07, 6.45) is 0. The molecule has 13 heavy (non-hydrogen) atoms. The molecule has 3 nitrogen and oxygen atoms in total. The van der Waals surface area contributed by atoms with Crippen molar-refractivity contribution in [3.8, 4) is 5.75 Å². The van der Waals surface area contributed by atoms with E-state index in [9.17, 15) is 0 Å². The number of hydrogen-bond acceptors (Lipinski definition) is 3. The van der Waals surface area contributed by atoms with Crippen molar-refractivity contribution in [2.75, 3.05) is 13.9 Å². The summed E-state index contributed by atoms with van der Waals surface area (Å²) >= 11 is 0. The molecule has 0 bridgehead atoms. The van der Waals surface area contributed by atoms with Gasteiger partial charge in [0.15, 0.2) is 6.79 Å². The topological polar surface area (TPSA) is 44.5 Å². The van der Waals surface area contributed by atoms with Gasteiger partial charge in [-0.25, -0.2) is 0 Å². The SMILES string of the molecule is C=C(N)c1ccc(OCOC)cc1. The van der Waals surface area contributed by atoms with Crippen LogP contribution in [0.15, 0.2) is 30.8 Å². The van der Waals surface area contributed by atoms with E-state index >= 15 is 0 Å². The Morgan fingerprint density at radius 3 is 2.46 bits per heavy atom. The van der Waals surface area contributed by atoms with Crippen molar-refractivity contribution in [1.82, 2.24) is 0 Å². The van der Waals surface area contributed by atoms with Crippen molar-refractivity contribution in [2.45, 2.75) is 0 Å². The van der Waals surface area contributed by atoms with Gasteiger partial charge >= 0.3 is 0 Å². The Kier molecular flexibility index (Phi) is 3.34. The molecule has 0 aliphatic heterocycles. The van der Waals surface area contributed by atoms with Crippen molar-refractivity contribution in [3.63, 3.8) is 0 Å². The second kappa shape index (κ2) is 4.52. The molecule has 0 fully saturated rings. The fourth-order valence-electron chi connectivity index (χ4n) is 0.892. The molecular weight excluding hydrogens is 166 g/mol. The first-order valence-corrected chi connectivity index (χ1v) is 3.90. The molecule has 0 atom stereocenters. The Balaban J connectivity index is 2.64. The fraction of sp³-hybridized carbons (Fsp3) is 0.200. The number of hydrogen-bond donors (Lipinski definition) is 1. The Morgan fingerprint density at radius 1 is 1.38 bits per heavy atom. The smallest absolute Gasteiger partial charge is 0.188 e. The van der Waals surface area contributed by atoms with Crippen LogP contribution in [-0.2, 0) is 4.74 Å². The van der Waals surface area contributed by atoms with Gasteiger partial charge in [-0.2, -0.15) is 0 Å². The second-order valence-corrected chi connectivity index (χ2v) is 2.60. The molecule has 2 N–H and O–H groups in total. The zero-order valence-electron chi connectivity index (χ0n) is 7.62. The monoisotopic (exact) mass is 179 g/mol. The van der Waals surface area contributed by atoms with Gasteiger partial charge in [0.1, 0.15) is 5.75 Å². The van der Waals surface area contributed by atoms with E-state index in [1.54, 1.807) is 7.11 Å². The maximum atomic E-state index is 5.50. The number of rotatable bonds is 4. The summed E-state index contributed by atoms with van der Waals surface area (Å²) in [4.78, 5) is 0. The number of benzene rings is 1. The average Bonchev–Trinajstić information content (AvgIpc) is 2.15. The third-order valence-corrected chi connectivity index (χ3v) is 1.57. The Bertz CT molecular complexity index is 279. The highest BCUT2D eigenvalue weighted by Crippen LogP contribution is 2.14. The van der Waals surface area contributed by atoms with Gasteiger partial charge in [-0.3, -0.25) is 0 Å². The van der Waals surface area contributed by atoms with Crippen LogP contribution >= 0.6 is 0 Å². The molecule has 3 heteroatoms. The summed E-state index contributed by atoms with van der Waals surface area (Å²) in [5.74, 6) is 0.756. The Labute approximate surface area is 77.8 Å². The molecule has 0 unspecified atom stereocenters. The van der Waals surface area contributed by atoms with Crippen molar-refractivity contribution in [2.24, 2.45) is 5.73 Å². The summed E-state index contributed by atoms with van der Waals surface area (Å²) in [5.41, 5.74) is 6.97. The lowest BCUT2D eigenvalue weighted by atomic mass is 10.2. The maximum Gasteiger partial charge on any atom is 0.188 e. The van der Waals surface area contributed by atoms with Crippen LogP contribution in [0.4, 0.5) is 0 Å². The van der Waals surface area contributed by atoms with Crippen molar-refractivity contribution >= 4 is 5.70 Å². The van der Waals surface area contributed by atoms with Crippen LogP contribution in [0.5, 0.6) is 5.75 Å². The number of nitrogens with two attached hydrogens (primary N) is 1. The lowest BCUT2D eigenvalue weighted by Gasteiger charge is -2.05. The molecule has 0 saturated carbocycles. The largest absolute Gasteiger partial charge is 0.468 e. The van der Waals surface area contributed by atoms with Gasteiger partial charge < -0.3 is 15.2 Å². The molecule has 1 aromatic carbocycles. The molecule has 0 radical (unpaired) electrons. The van der Waals surface area contributed by atoms with E-state index < -0.39 is 0 Å². The summed E-state index contributed by atoms with van der Waals surface area (Å²) in [5, 5.41) is 0. The normalized spacial score (nSPS) is 9.62. The lowest BCUT2D eigenvalue weighted by molar-refractivity contribution is 0.0511. The van der Waals surface area contributed by atoms with E-state index in [0.29, 0.717) is 5.70 Å². The van der Waals surface area contributed by atoms with Crippen molar-refractivity contribution in [1.29, 1.82) is 0 Å². The second-order valence-electron chi connectivity index (χ2n) is 2.60. The average molecular weight is 179 g/mol. The highest BCUT2D eigenvalue weighted by molar-refractivity contribution is 5.60. The first kappa shape index (κ1) is 9.61. The molecular formula is C10H13NO2. The van der Waals surface area contributed by atoms with Crippen LogP contribution in [0.25, 0.3) is 5.70 Å². The van der Waals surface area contributed by atoms with Crippen LogP contribution in [0, 0.1) is 0 Å². The number of ether oxygens (including phenoxy) is 2. The van der Waals surface area contributed by atoms with Gasteiger partial charge in [-0.05, 0) is 29.8 Å². The molecule has 0 heterocycles. The molecule has 1 aromatic rings. The zero-order valence-corrected chi connectivity index (χ0v) is 7.62. The predicted molar refractivity (Wildman–Crippen MR) is 52.2 cm³/mol. The van der Waals surface area contributed by atoms with Crippen LogP contribution < -0.4 is 10.5 Å². The molecule has 0 amide bonds. The quantitative estimate of drug-likeness (QED) is 0.714. The first-order chi connectivity index (χ1) is 6.24. The third kappa shape index (κ3) is 2.80. The first-order valence-electron chi connectivity index (χ1n) is 3.90. The van der Waals surface area contributed by atoms with E-state index in [0.717, 1.165) is 11.3 Å². The van der Waals surface area contributed by atoms with Gasteiger partial charge in [0.2, 0.25) is 0 Å². The molecule has 70 valence electrons. The highest BCUT2D eigenvalue weighted by atomic mass is 16.7. The van der Waals surface area contributed by atoms with Crippen molar-refractivity contribution in [3.05, 3.63) is 36.4 Å². The van der Waals surface area contributed by atoms with E-state index in [-0.39, 0.29) is 6.79 Å². The van der Waals surface area contributed by atoms with E-state index in [1.807, 2.05) is 24.3 Å². The fourth-order valence-corrected chi connectivity index (χ4v) is 0.892. The highest BCUT2D eigenvalue weighted by Gasteiger charge is 1.95. The molecule has 1 rings (SSSR count). The minimum atomic E-state index is 0.253. The molecule has 0 saturated heterocycles. The maximum absolute atomic E-state index is 5.50. The van der Waals surface area contributed by atoms with Crippen LogP contribution in [0.2, 0.25) is 0 Å². The van der Waals surface area contributed by atoms with E-state index in [2.05, 4.69) is 6.58 Å². The minimum Gasteiger partial charge on any atom is -0.468 e. The van der Waals surface area contributed by atoms with E-state index in [1.165, 1.54) is 0 Å². The number of methoxy groups -OCH3 is 1. The van der Waals surface area contributed by atoms with Gasteiger partial charge in [-0.1, -0.05) is 6.58 Å². The third-order valence-electron chi connectivity index (χ3n) is 1.57. The van der Waals surface area contributed by atoms with Crippen molar-refractivity contribution < 1.29 is 9.47 Å². The van der Waals surface area contributed by atoms with Gasteiger partial charge in [-0.15, -0.1) is 0 Å². The Hall–Kier alpha value is -1.48. The zero-order chi connectivity index (χ0) is 9.68. The van der Waals surface area contributed by atoms with E-state index in [4.69, 9.17) is 15.2 Å². The van der Waals surface area contributed by atoms with Crippen LogP contribution in [0.1, 0.15) is 5.56 Å². The van der Waals surface area contributed by atoms with Gasteiger partial charge in [0, 0.05) is 12.8 Å².